The van der Waals surface area contributed by atoms with Crippen molar-refractivity contribution in [3.63, 3.8) is 0 Å². The summed E-state index contributed by atoms with van der Waals surface area (Å²) >= 11 is 0. The van der Waals surface area contributed by atoms with Gasteiger partial charge < -0.3 is 24.3 Å². The lowest BCUT2D eigenvalue weighted by molar-refractivity contribution is -0.216. The van der Waals surface area contributed by atoms with Crippen LogP contribution in [0.3, 0.4) is 0 Å². The molecule has 14 heteroatoms. The van der Waals surface area contributed by atoms with Crippen LogP contribution in [0.4, 0.5) is 4.79 Å². The van der Waals surface area contributed by atoms with E-state index in [9.17, 15) is 21.6 Å². The summed E-state index contributed by atoms with van der Waals surface area (Å²) in [4.78, 5) is 12.5. The van der Waals surface area contributed by atoms with Crippen molar-refractivity contribution in [2.45, 2.75) is 56.9 Å². The minimum atomic E-state index is -4.05. The Labute approximate surface area is 192 Å². The molecule has 0 aromatic heterocycles. The maximum absolute atomic E-state index is 12.5. The first kappa shape index (κ1) is 25.8. The number of fused-ring (bicyclic) bond motifs is 1. The van der Waals surface area contributed by atoms with E-state index in [4.69, 9.17) is 27.3 Å². The van der Waals surface area contributed by atoms with Crippen LogP contribution >= 0.6 is 0 Å². The van der Waals surface area contributed by atoms with Crippen molar-refractivity contribution < 1.29 is 48.9 Å². The van der Waals surface area contributed by atoms with Crippen molar-refractivity contribution in [3.8, 4) is 0 Å². The molecule has 1 amide bonds. The summed E-state index contributed by atoms with van der Waals surface area (Å²) in [6.07, 6.45) is -3.68. The van der Waals surface area contributed by atoms with Gasteiger partial charge in [0.1, 0.15) is 24.9 Å². The normalized spacial score (nSPS) is 27.6. The Morgan fingerprint density at radius 1 is 1.09 bits per heavy atom. The van der Waals surface area contributed by atoms with Gasteiger partial charge in [-0.05, 0) is 19.4 Å². The van der Waals surface area contributed by atoms with Crippen molar-refractivity contribution in [2.24, 2.45) is 0 Å². The second-order valence-electron chi connectivity index (χ2n) is 8.13. The van der Waals surface area contributed by atoms with Gasteiger partial charge in [-0.3, -0.25) is 8.37 Å². The average molecular weight is 510 g/mol. The van der Waals surface area contributed by atoms with E-state index in [0.717, 1.165) is 18.1 Å². The number of benzene rings is 1. The molecule has 33 heavy (non-hydrogen) atoms. The molecule has 0 radical (unpaired) electrons. The zero-order chi connectivity index (χ0) is 24.4. The van der Waals surface area contributed by atoms with E-state index < -0.39 is 69.4 Å². The highest BCUT2D eigenvalue weighted by Gasteiger charge is 2.58. The summed E-state index contributed by atoms with van der Waals surface area (Å²) in [7, 11) is -7.98. The number of hydrogen-bond donors (Lipinski definition) is 1. The van der Waals surface area contributed by atoms with Gasteiger partial charge in [0.15, 0.2) is 12.1 Å². The van der Waals surface area contributed by atoms with Crippen LogP contribution in [0.5, 0.6) is 0 Å². The van der Waals surface area contributed by atoms with Gasteiger partial charge in [0.05, 0.1) is 25.2 Å². The average Bonchev–Trinajstić information content (AvgIpc) is 3.15. The first-order chi connectivity index (χ1) is 15.2. The quantitative estimate of drug-likeness (QED) is 0.462. The maximum Gasteiger partial charge on any atom is 0.407 e. The molecule has 2 aliphatic rings. The second kappa shape index (κ2) is 9.82. The largest absolute Gasteiger partial charge is 0.445 e. The molecule has 3 rings (SSSR count). The van der Waals surface area contributed by atoms with Gasteiger partial charge in [-0.15, -0.1) is 0 Å². The third-order valence-corrected chi connectivity index (χ3v) is 5.86. The van der Waals surface area contributed by atoms with Crippen molar-refractivity contribution in [1.82, 2.24) is 5.32 Å². The molecule has 0 aliphatic carbocycles. The van der Waals surface area contributed by atoms with Crippen LogP contribution in [-0.4, -0.2) is 78.5 Å². The molecule has 186 valence electrons. The molecule has 0 unspecified atom stereocenters. The number of alkyl carbamates (subject to hydrolysis) is 1. The Balaban J connectivity index is 1.78. The number of hydrogen-bond acceptors (Lipinski definition) is 11. The lowest BCUT2D eigenvalue weighted by Crippen LogP contribution is -2.53. The van der Waals surface area contributed by atoms with Gasteiger partial charge in [-0.25, -0.2) is 4.79 Å². The third kappa shape index (κ3) is 7.60. The Morgan fingerprint density at radius 3 is 2.36 bits per heavy atom. The fraction of sp³-hybridized carbons (Fsp3) is 0.632. The highest BCUT2D eigenvalue weighted by Crippen LogP contribution is 2.39. The molecule has 2 saturated heterocycles. The molecule has 0 spiro atoms. The van der Waals surface area contributed by atoms with E-state index in [2.05, 4.69) is 5.32 Å². The summed E-state index contributed by atoms with van der Waals surface area (Å²) in [5, 5.41) is 2.60. The van der Waals surface area contributed by atoms with Gasteiger partial charge in [0, 0.05) is 0 Å². The van der Waals surface area contributed by atoms with Gasteiger partial charge in [-0.1, -0.05) is 30.3 Å². The predicted molar refractivity (Wildman–Crippen MR) is 113 cm³/mol. The summed E-state index contributed by atoms with van der Waals surface area (Å²) in [5.74, 6) is -1.04. The lowest BCUT2D eigenvalue weighted by atomic mass is 10.0. The molecule has 1 aromatic rings. The number of carbonyl (C=O) groups excluding carboxylic acids is 1. The molecular weight excluding hydrogens is 482 g/mol. The SMILES string of the molecule is CC1(C)O[C@H]2O[C@H]([C@@H](COS(C)(=O)=O)OS(C)(=O)=O)[C@H](NC(=O)OCc3ccccc3)[C@H]2O1. The highest BCUT2D eigenvalue weighted by atomic mass is 32.2. The molecule has 0 bridgehead atoms. The molecule has 1 aromatic carbocycles. The Bertz CT molecular complexity index is 1040. The van der Waals surface area contributed by atoms with E-state index in [-0.39, 0.29) is 6.61 Å². The zero-order valence-electron chi connectivity index (χ0n) is 18.5. The van der Waals surface area contributed by atoms with Gasteiger partial charge in [0.2, 0.25) is 0 Å². The van der Waals surface area contributed by atoms with E-state index in [1.54, 1.807) is 38.1 Å². The molecule has 12 nitrogen and oxygen atoms in total. The van der Waals surface area contributed by atoms with Crippen molar-refractivity contribution in [1.29, 1.82) is 0 Å². The fourth-order valence-electron chi connectivity index (χ4n) is 3.51. The Hall–Kier alpha value is -1.81. The van der Waals surface area contributed by atoms with Crippen molar-refractivity contribution in [3.05, 3.63) is 35.9 Å². The number of amides is 1. The summed E-state index contributed by atoms with van der Waals surface area (Å²) in [6.45, 7) is 2.59. The van der Waals surface area contributed by atoms with Crippen LogP contribution in [0.2, 0.25) is 0 Å². The van der Waals surface area contributed by atoms with Crippen LogP contribution in [-0.2, 0) is 54.2 Å². The topological polar surface area (TPSA) is 153 Å². The Kier molecular flexibility index (Phi) is 7.68. The zero-order valence-corrected chi connectivity index (χ0v) is 20.1. The first-order valence-corrected chi connectivity index (χ1v) is 13.6. The molecule has 2 aliphatic heterocycles. The highest BCUT2D eigenvalue weighted by molar-refractivity contribution is 7.86. The van der Waals surface area contributed by atoms with Gasteiger partial charge in [-0.2, -0.15) is 16.8 Å². The van der Waals surface area contributed by atoms with E-state index in [1.165, 1.54) is 0 Å². The Morgan fingerprint density at radius 2 is 1.76 bits per heavy atom. The third-order valence-electron chi connectivity index (χ3n) is 4.70. The second-order valence-corrected chi connectivity index (χ2v) is 11.4. The van der Waals surface area contributed by atoms with Crippen molar-refractivity contribution in [2.75, 3.05) is 19.1 Å². The minimum absolute atomic E-state index is 0.0116. The first-order valence-electron chi connectivity index (χ1n) is 9.93. The number of nitrogens with one attached hydrogen (secondary N) is 1. The standard InChI is InChI=1S/C19H27NO11S2/c1-19(2)29-16-14(20-18(21)26-10-12-8-6-5-7-9-12)15(28-17(16)30-19)13(31-33(4,24)25)11-27-32(3,22)23/h5-9,13-17H,10-11H2,1-4H3,(H,20,21)/t13-,14+,15-,16-,17-/m1/s1. The summed E-state index contributed by atoms with van der Waals surface area (Å²) < 4.78 is 78.9. The monoisotopic (exact) mass is 509 g/mol. The molecule has 2 fully saturated rings. The number of rotatable bonds is 9. The van der Waals surface area contributed by atoms with Gasteiger partial charge >= 0.3 is 6.09 Å². The lowest BCUT2D eigenvalue weighted by Gasteiger charge is -2.30. The number of carbonyl (C=O) groups is 1. The smallest absolute Gasteiger partial charge is 0.407 e. The summed E-state index contributed by atoms with van der Waals surface area (Å²) in [6, 6.07) is 7.96. The number of ether oxygens (including phenoxy) is 4. The molecular formula is C19H27NO11S2. The maximum atomic E-state index is 12.5. The van der Waals surface area contributed by atoms with E-state index in [1.807, 2.05) is 6.07 Å². The van der Waals surface area contributed by atoms with Crippen LogP contribution in [0.1, 0.15) is 19.4 Å². The minimum Gasteiger partial charge on any atom is -0.445 e. The molecule has 2 heterocycles. The molecule has 5 atom stereocenters. The predicted octanol–water partition coefficient (Wildman–Crippen LogP) is 0.479. The van der Waals surface area contributed by atoms with Crippen molar-refractivity contribution >= 4 is 26.3 Å². The fourth-order valence-corrected chi connectivity index (χ4v) is 4.50. The van der Waals surface area contributed by atoms with E-state index in [0.29, 0.717) is 0 Å². The summed E-state index contributed by atoms with van der Waals surface area (Å²) in [5.41, 5.74) is 0.756. The van der Waals surface area contributed by atoms with Crippen LogP contribution < -0.4 is 5.32 Å². The van der Waals surface area contributed by atoms with Crippen LogP contribution in [0.15, 0.2) is 30.3 Å². The van der Waals surface area contributed by atoms with Gasteiger partial charge in [0.25, 0.3) is 20.2 Å². The molecule has 0 saturated carbocycles. The van der Waals surface area contributed by atoms with E-state index >= 15 is 0 Å². The van der Waals surface area contributed by atoms with Crippen LogP contribution in [0.25, 0.3) is 0 Å². The molecule has 1 N–H and O–H groups in total. The van der Waals surface area contributed by atoms with Crippen LogP contribution in [0, 0.1) is 0 Å².